The third-order valence-electron chi connectivity index (χ3n) is 3.86. The number of amides is 1. The maximum absolute atomic E-state index is 12.5. The Morgan fingerprint density at radius 3 is 2.85 bits per heavy atom. The van der Waals surface area contributed by atoms with Gasteiger partial charge in [0.05, 0.1) is 12.0 Å². The summed E-state index contributed by atoms with van der Waals surface area (Å²) < 4.78 is 6.85. The molecule has 0 saturated carbocycles. The van der Waals surface area contributed by atoms with Gasteiger partial charge in [0, 0.05) is 32.9 Å². The van der Waals surface area contributed by atoms with Gasteiger partial charge in [-0.1, -0.05) is 0 Å². The molecule has 1 atom stereocenters. The molecule has 0 radical (unpaired) electrons. The fourth-order valence-electron chi connectivity index (χ4n) is 2.46. The lowest BCUT2D eigenvalue weighted by Gasteiger charge is -2.20. The van der Waals surface area contributed by atoms with Crippen molar-refractivity contribution in [3.05, 3.63) is 24.0 Å². The van der Waals surface area contributed by atoms with E-state index in [0.717, 1.165) is 0 Å². The molecule has 1 aromatic rings. The number of carbonyl (C=O) groups excluding carboxylic acids is 1. The molecule has 0 aliphatic carbocycles. The topological polar surface area (TPSA) is 71.8 Å². The molecule has 2 rings (SSSR count). The molecular weight excluding hydrogens is 260 g/mol. The van der Waals surface area contributed by atoms with Crippen LogP contribution >= 0.6 is 0 Å². The van der Waals surface area contributed by atoms with Crippen LogP contribution in [0.4, 0.5) is 0 Å². The van der Waals surface area contributed by atoms with Crippen LogP contribution in [-0.4, -0.2) is 53.3 Å². The predicted molar refractivity (Wildman–Crippen MR) is 72.6 cm³/mol. The van der Waals surface area contributed by atoms with Gasteiger partial charge < -0.3 is 19.3 Å². The highest BCUT2D eigenvalue weighted by Gasteiger charge is 2.42. The van der Waals surface area contributed by atoms with E-state index in [1.807, 2.05) is 16.8 Å². The first-order valence-corrected chi connectivity index (χ1v) is 6.65. The molecule has 1 fully saturated rings. The van der Waals surface area contributed by atoms with Crippen molar-refractivity contribution in [1.29, 1.82) is 0 Å². The molecule has 1 aromatic heterocycles. The van der Waals surface area contributed by atoms with Crippen LogP contribution in [0.3, 0.4) is 0 Å². The molecule has 6 nitrogen and oxygen atoms in total. The highest BCUT2D eigenvalue weighted by atomic mass is 16.5. The minimum atomic E-state index is -0.845. The number of methoxy groups -OCH3 is 1. The SMILES string of the molecule is COCCn1cccc1C(=O)N1CCC(C)(C(=O)O)C1. The summed E-state index contributed by atoms with van der Waals surface area (Å²) in [5, 5.41) is 9.21. The van der Waals surface area contributed by atoms with Gasteiger partial charge in [-0.25, -0.2) is 0 Å². The van der Waals surface area contributed by atoms with Gasteiger partial charge in [-0.15, -0.1) is 0 Å². The molecule has 0 spiro atoms. The first kappa shape index (κ1) is 14.6. The average Bonchev–Trinajstić information content (AvgIpc) is 3.03. The zero-order chi connectivity index (χ0) is 14.8. The van der Waals surface area contributed by atoms with Gasteiger partial charge in [0.15, 0.2) is 0 Å². The van der Waals surface area contributed by atoms with Gasteiger partial charge in [-0.2, -0.15) is 0 Å². The summed E-state index contributed by atoms with van der Waals surface area (Å²) in [4.78, 5) is 25.3. The number of carboxylic acids is 1. The Bertz CT molecular complexity index is 511. The van der Waals surface area contributed by atoms with Crippen molar-refractivity contribution in [1.82, 2.24) is 9.47 Å². The Morgan fingerprint density at radius 1 is 1.50 bits per heavy atom. The third kappa shape index (κ3) is 2.70. The van der Waals surface area contributed by atoms with Gasteiger partial charge in [0.1, 0.15) is 5.69 Å². The molecule has 2 heterocycles. The quantitative estimate of drug-likeness (QED) is 0.875. The van der Waals surface area contributed by atoms with Crippen molar-refractivity contribution < 1.29 is 19.4 Å². The number of rotatable bonds is 5. The summed E-state index contributed by atoms with van der Waals surface area (Å²) in [6, 6.07) is 3.57. The molecule has 110 valence electrons. The lowest BCUT2D eigenvalue weighted by atomic mass is 9.90. The Hall–Kier alpha value is -1.82. The molecule has 1 aliphatic heterocycles. The van der Waals surface area contributed by atoms with Gasteiger partial charge in [0.2, 0.25) is 0 Å². The second-order valence-electron chi connectivity index (χ2n) is 5.42. The first-order chi connectivity index (χ1) is 9.48. The second kappa shape index (κ2) is 5.66. The molecule has 0 aromatic carbocycles. The van der Waals surface area contributed by atoms with Crippen molar-refractivity contribution in [2.75, 3.05) is 26.8 Å². The minimum absolute atomic E-state index is 0.115. The fourth-order valence-corrected chi connectivity index (χ4v) is 2.46. The standard InChI is InChI=1S/C14H20N2O4/c1-14(13(18)19)5-7-16(10-14)12(17)11-4-3-6-15(11)8-9-20-2/h3-4,6H,5,7-10H2,1-2H3,(H,18,19). The number of carbonyl (C=O) groups is 2. The van der Waals surface area contributed by atoms with Crippen LogP contribution in [0.15, 0.2) is 18.3 Å². The number of aromatic nitrogens is 1. The van der Waals surface area contributed by atoms with Crippen LogP contribution in [0.25, 0.3) is 0 Å². The van der Waals surface area contributed by atoms with Gasteiger partial charge in [0.25, 0.3) is 5.91 Å². The normalized spacial score (nSPS) is 22.2. The molecule has 1 saturated heterocycles. The number of hydrogen-bond donors (Lipinski definition) is 1. The maximum Gasteiger partial charge on any atom is 0.311 e. The van der Waals surface area contributed by atoms with Crippen LogP contribution < -0.4 is 0 Å². The number of nitrogens with zero attached hydrogens (tertiary/aromatic N) is 2. The third-order valence-corrected chi connectivity index (χ3v) is 3.86. The van der Waals surface area contributed by atoms with Crippen molar-refractivity contribution in [2.24, 2.45) is 5.41 Å². The summed E-state index contributed by atoms with van der Waals surface area (Å²) >= 11 is 0. The molecular formula is C14H20N2O4. The average molecular weight is 280 g/mol. The van der Waals surface area contributed by atoms with Crippen LogP contribution in [0.5, 0.6) is 0 Å². The predicted octanol–water partition coefficient (Wildman–Crippen LogP) is 1.07. The summed E-state index contributed by atoms with van der Waals surface area (Å²) in [7, 11) is 1.61. The van der Waals surface area contributed by atoms with Gasteiger partial charge in [-0.3, -0.25) is 9.59 Å². The highest BCUT2D eigenvalue weighted by Crippen LogP contribution is 2.31. The first-order valence-electron chi connectivity index (χ1n) is 6.65. The Morgan fingerprint density at radius 2 is 2.25 bits per heavy atom. The summed E-state index contributed by atoms with van der Waals surface area (Å²) in [5.74, 6) is -0.960. The van der Waals surface area contributed by atoms with Crippen molar-refractivity contribution in [2.45, 2.75) is 19.9 Å². The molecule has 20 heavy (non-hydrogen) atoms. The monoisotopic (exact) mass is 280 g/mol. The van der Waals surface area contributed by atoms with Crippen LogP contribution in [0, 0.1) is 5.41 Å². The van der Waals surface area contributed by atoms with E-state index in [0.29, 0.717) is 31.8 Å². The number of ether oxygens (including phenoxy) is 1. The Kier molecular flexibility index (Phi) is 4.13. The molecule has 1 N–H and O–H groups in total. The van der Waals surface area contributed by atoms with E-state index in [-0.39, 0.29) is 12.5 Å². The zero-order valence-corrected chi connectivity index (χ0v) is 11.8. The summed E-state index contributed by atoms with van der Waals surface area (Å²) in [6.07, 6.45) is 2.32. The molecule has 6 heteroatoms. The minimum Gasteiger partial charge on any atom is -0.481 e. The summed E-state index contributed by atoms with van der Waals surface area (Å²) in [5.41, 5.74) is -0.253. The van der Waals surface area contributed by atoms with Gasteiger partial charge in [-0.05, 0) is 25.5 Å². The fraction of sp³-hybridized carbons (Fsp3) is 0.571. The van der Waals surface area contributed by atoms with Crippen LogP contribution in [0.1, 0.15) is 23.8 Å². The van der Waals surface area contributed by atoms with E-state index < -0.39 is 11.4 Å². The van der Waals surface area contributed by atoms with E-state index in [1.165, 1.54) is 0 Å². The zero-order valence-electron chi connectivity index (χ0n) is 11.8. The van der Waals surface area contributed by atoms with E-state index in [1.54, 1.807) is 25.0 Å². The van der Waals surface area contributed by atoms with E-state index in [4.69, 9.17) is 4.74 Å². The van der Waals surface area contributed by atoms with Crippen molar-refractivity contribution >= 4 is 11.9 Å². The van der Waals surface area contributed by atoms with Crippen LogP contribution in [-0.2, 0) is 16.1 Å². The second-order valence-corrected chi connectivity index (χ2v) is 5.42. The number of carboxylic acid groups (broad SMARTS) is 1. The molecule has 0 bridgehead atoms. The highest BCUT2D eigenvalue weighted by molar-refractivity contribution is 5.93. The number of hydrogen-bond acceptors (Lipinski definition) is 3. The Balaban J connectivity index is 2.09. The number of aliphatic carboxylic acids is 1. The van der Waals surface area contributed by atoms with E-state index in [9.17, 15) is 14.7 Å². The van der Waals surface area contributed by atoms with E-state index >= 15 is 0 Å². The van der Waals surface area contributed by atoms with Crippen molar-refractivity contribution in [3.8, 4) is 0 Å². The molecule has 1 aliphatic rings. The van der Waals surface area contributed by atoms with Gasteiger partial charge >= 0.3 is 5.97 Å². The molecule has 1 amide bonds. The van der Waals surface area contributed by atoms with E-state index in [2.05, 4.69) is 0 Å². The van der Waals surface area contributed by atoms with Crippen LogP contribution in [0.2, 0.25) is 0 Å². The van der Waals surface area contributed by atoms with Crippen molar-refractivity contribution in [3.63, 3.8) is 0 Å². The largest absolute Gasteiger partial charge is 0.481 e. The smallest absolute Gasteiger partial charge is 0.311 e. The lowest BCUT2D eigenvalue weighted by molar-refractivity contribution is -0.147. The lowest BCUT2D eigenvalue weighted by Crippen LogP contribution is -2.35. The maximum atomic E-state index is 12.5. The summed E-state index contributed by atoms with van der Waals surface area (Å²) in [6.45, 7) is 3.57. The Labute approximate surface area is 117 Å². The number of likely N-dealkylation sites (tertiary alicyclic amines) is 1. The molecule has 1 unspecified atom stereocenters.